The molecule has 1 heterocycles. The van der Waals surface area contributed by atoms with Crippen molar-refractivity contribution in [3.63, 3.8) is 0 Å². The van der Waals surface area contributed by atoms with Crippen LogP contribution in [0.3, 0.4) is 0 Å². The van der Waals surface area contributed by atoms with Crippen LogP contribution in [0.25, 0.3) is 10.4 Å². The van der Waals surface area contributed by atoms with Crippen LogP contribution in [0.15, 0.2) is 36.4 Å². The molecule has 2 rings (SSSR count). The van der Waals surface area contributed by atoms with E-state index < -0.39 is 5.97 Å². The summed E-state index contributed by atoms with van der Waals surface area (Å²) in [5.74, 6) is -0.544. The van der Waals surface area contributed by atoms with E-state index in [4.69, 9.17) is 4.74 Å². The van der Waals surface area contributed by atoms with Crippen molar-refractivity contribution in [1.82, 2.24) is 4.90 Å². The SMILES string of the molecule is CCOC(=O)c1cc(-c2ccccc2)sc1NC(=O)[C@@H](C)N(CC)CC. The Morgan fingerprint density at radius 2 is 1.81 bits per heavy atom. The molecule has 2 aromatic rings. The van der Waals surface area contributed by atoms with Crippen LogP contribution in [0.2, 0.25) is 0 Å². The van der Waals surface area contributed by atoms with Crippen molar-refractivity contribution >= 4 is 28.2 Å². The first-order chi connectivity index (χ1) is 12.5. The van der Waals surface area contributed by atoms with E-state index in [0.29, 0.717) is 17.2 Å². The Labute approximate surface area is 159 Å². The summed E-state index contributed by atoms with van der Waals surface area (Å²) in [6.45, 7) is 9.55. The maximum absolute atomic E-state index is 12.7. The van der Waals surface area contributed by atoms with Crippen molar-refractivity contribution in [2.45, 2.75) is 33.7 Å². The monoisotopic (exact) mass is 374 g/mol. The van der Waals surface area contributed by atoms with E-state index in [0.717, 1.165) is 23.5 Å². The van der Waals surface area contributed by atoms with Crippen LogP contribution in [0.1, 0.15) is 38.1 Å². The van der Waals surface area contributed by atoms with Gasteiger partial charge in [-0.1, -0.05) is 44.2 Å². The molecule has 1 aromatic carbocycles. The van der Waals surface area contributed by atoms with Crippen LogP contribution < -0.4 is 5.32 Å². The summed E-state index contributed by atoms with van der Waals surface area (Å²) >= 11 is 1.39. The van der Waals surface area contributed by atoms with Gasteiger partial charge in [-0.25, -0.2) is 4.79 Å². The number of ether oxygens (including phenoxy) is 1. The summed E-state index contributed by atoms with van der Waals surface area (Å²) in [4.78, 5) is 28.0. The van der Waals surface area contributed by atoms with Crippen LogP contribution in [0.4, 0.5) is 5.00 Å². The molecule has 0 aliphatic rings. The minimum absolute atomic E-state index is 0.124. The second-order valence-corrected chi connectivity index (χ2v) is 6.88. The summed E-state index contributed by atoms with van der Waals surface area (Å²) in [5.41, 5.74) is 1.40. The predicted molar refractivity (Wildman–Crippen MR) is 107 cm³/mol. The lowest BCUT2D eigenvalue weighted by atomic mass is 10.1. The molecule has 1 aromatic heterocycles. The van der Waals surface area contributed by atoms with Gasteiger partial charge in [0, 0.05) is 4.88 Å². The van der Waals surface area contributed by atoms with Crippen LogP contribution in [0, 0.1) is 0 Å². The molecule has 26 heavy (non-hydrogen) atoms. The number of benzene rings is 1. The zero-order chi connectivity index (χ0) is 19.1. The van der Waals surface area contributed by atoms with E-state index in [9.17, 15) is 9.59 Å². The predicted octanol–water partition coefficient (Wildman–Crippen LogP) is 4.26. The molecule has 0 saturated heterocycles. The van der Waals surface area contributed by atoms with E-state index in [1.165, 1.54) is 11.3 Å². The quantitative estimate of drug-likeness (QED) is 0.702. The lowest BCUT2D eigenvalue weighted by Gasteiger charge is -2.25. The fraction of sp³-hybridized carbons (Fsp3) is 0.400. The van der Waals surface area contributed by atoms with E-state index >= 15 is 0 Å². The Hall–Kier alpha value is -2.18. The first-order valence-electron chi connectivity index (χ1n) is 8.93. The van der Waals surface area contributed by atoms with Crippen molar-refractivity contribution in [1.29, 1.82) is 0 Å². The highest BCUT2D eigenvalue weighted by molar-refractivity contribution is 7.20. The van der Waals surface area contributed by atoms with Crippen molar-refractivity contribution in [2.24, 2.45) is 0 Å². The van der Waals surface area contributed by atoms with Crippen LogP contribution in [0.5, 0.6) is 0 Å². The standard InChI is InChI=1S/C20H26N2O3S/c1-5-22(6-2)14(4)18(23)21-19-16(20(24)25-7-3)13-17(26-19)15-11-9-8-10-12-15/h8-14H,5-7H2,1-4H3,(H,21,23)/t14-/m1/s1. The number of amides is 1. The average Bonchev–Trinajstić information content (AvgIpc) is 3.07. The Kier molecular flexibility index (Phi) is 7.36. The van der Waals surface area contributed by atoms with Crippen molar-refractivity contribution in [3.05, 3.63) is 42.0 Å². The molecule has 0 saturated carbocycles. The first kappa shape index (κ1) is 20.1. The Morgan fingerprint density at radius 1 is 1.15 bits per heavy atom. The van der Waals surface area contributed by atoms with Crippen LogP contribution in [-0.4, -0.2) is 42.5 Å². The lowest BCUT2D eigenvalue weighted by molar-refractivity contribution is -0.120. The zero-order valence-corrected chi connectivity index (χ0v) is 16.6. The van der Waals surface area contributed by atoms with Gasteiger partial charge in [-0.05, 0) is 38.6 Å². The zero-order valence-electron chi connectivity index (χ0n) is 15.7. The average molecular weight is 375 g/mol. The number of thiophene rings is 1. The second kappa shape index (κ2) is 9.50. The molecule has 0 aliphatic heterocycles. The molecule has 0 bridgehead atoms. The molecule has 5 nitrogen and oxygen atoms in total. The van der Waals surface area contributed by atoms with Gasteiger partial charge in [-0.3, -0.25) is 9.69 Å². The third kappa shape index (κ3) is 4.71. The van der Waals surface area contributed by atoms with Crippen molar-refractivity contribution in [2.75, 3.05) is 25.0 Å². The fourth-order valence-electron chi connectivity index (χ4n) is 2.74. The van der Waals surface area contributed by atoms with Gasteiger partial charge >= 0.3 is 5.97 Å². The number of rotatable bonds is 8. The molecule has 0 radical (unpaired) electrons. The Morgan fingerprint density at radius 3 is 2.38 bits per heavy atom. The highest BCUT2D eigenvalue weighted by atomic mass is 32.1. The van der Waals surface area contributed by atoms with Gasteiger partial charge in [-0.2, -0.15) is 0 Å². The van der Waals surface area contributed by atoms with E-state index in [2.05, 4.69) is 10.2 Å². The summed E-state index contributed by atoms with van der Waals surface area (Å²) in [6.07, 6.45) is 0. The molecule has 140 valence electrons. The summed E-state index contributed by atoms with van der Waals surface area (Å²) < 4.78 is 5.16. The van der Waals surface area contributed by atoms with Crippen molar-refractivity contribution in [3.8, 4) is 10.4 Å². The molecule has 0 fully saturated rings. The molecule has 1 N–H and O–H groups in total. The number of anilines is 1. The second-order valence-electron chi connectivity index (χ2n) is 5.83. The molecule has 6 heteroatoms. The van der Waals surface area contributed by atoms with Crippen LogP contribution >= 0.6 is 11.3 Å². The number of carbonyl (C=O) groups excluding carboxylic acids is 2. The van der Waals surface area contributed by atoms with Gasteiger partial charge in [0.25, 0.3) is 0 Å². The number of nitrogens with one attached hydrogen (secondary N) is 1. The van der Waals surface area contributed by atoms with Gasteiger partial charge < -0.3 is 10.1 Å². The molecular weight excluding hydrogens is 348 g/mol. The normalized spacial score (nSPS) is 12.0. The number of esters is 1. The number of hydrogen-bond donors (Lipinski definition) is 1. The van der Waals surface area contributed by atoms with Gasteiger partial charge in [0.15, 0.2) is 0 Å². The van der Waals surface area contributed by atoms with Crippen molar-refractivity contribution < 1.29 is 14.3 Å². The van der Waals surface area contributed by atoms with E-state index in [1.807, 2.05) is 51.1 Å². The topological polar surface area (TPSA) is 58.6 Å². The summed E-state index contributed by atoms with van der Waals surface area (Å²) in [5, 5.41) is 3.46. The largest absolute Gasteiger partial charge is 0.462 e. The minimum Gasteiger partial charge on any atom is -0.462 e. The van der Waals surface area contributed by atoms with E-state index in [1.54, 1.807) is 13.0 Å². The fourth-order valence-corrected chi connectivity index (χ4v) is 3.80. The number of nitrogens with zero attached hydrogens (tertiary/aromatic N) is 1. The van der Waals surface area contributed by atoms with Gasteiger partial charge in [0.2, 0.25) is 5.91 Å². The minimum atomic E-state index is -0.420. The summed E-state index contributed by atoms with van der Waals surface area (Å²) in [7, 11) is 0. The molecule has 1 amide bonds. The number of hydrogen-bond acceptors (Lipinski definition) is 5. The molecular formula is C20H26N2O3S. The molecule has 0 unspecified atom stereocenters. The summed E-state index contributed by atoms with van der Waals surface area (Å²) in [6, 6.07) is 11.3. The van der Waals surface area contributed by atoms with Gasteiger partial charge in [0.1, 0.15) is 5.00 Å². The smallest absolute Gasteiger partial charge is 0.341 e. The lowest BCUT2D eigenvalue weighted by Crippen LogP contribution is -2.41. The number of likely N-dealkylation sites (N-methyl/N-ethyl adjacent to an activating group) is 1. The third-order valence-corrected chi connectivity index (χ3v) is 5.36. The maximum Gasteiger partial charge on any atom is 0.341 e. The highest BCUT2D eigenvalue weighted by Gasteiger charge is 2.24. The number of carbonyl (C=O) groups is 2. The molecule has 1 atom stereocenters. The first-order valence-corrected chi connectivity index (χ1v) is 9.74. The Bertz CT molecular complexity index is 739. The Balaban J connectivity index is 2.32. The highest BCUT2D eigenvalue weighted by Crippen LogP contribution is 2.36. The van der Waals surface area contributed by atoms with Gasteiger partial charge in [0.05, 0.1) is 18.2 Å². The molecule has 0 aliphatic carbocycles. The molecule has 0 spiro atoms. The van der Waals surface area contributed by atoms with E-state index in [-0.39, 0.29) is 11.9 Å². The third-order valence-electron chi connectivity index (χ3n) is 4.26. The maximum atomic E-state index is 12.7. The van der Waals surface area contributed by atoms with Gasteiger partial charge in [-0.15, -0.1) is 11.3 Å². The van der Waals surface area contributed by atoms with Crippen LogP contribution in [-0.2, 0) is 9.53 Å².